The average molecular weight is 238 g/mol. The second kappa shape index (κ2) is 5.38. The molecule has 1 amide bonds. The van der Waals surface area contributed by atoms with Crippen LogP contribution >= 0.6 is 0 Å². The summed E-state index contributed by atoms with van der Waals surface area (Å²) in [5.41, 5.74) is 5.81. The normalized spacial score (nSPS) is 31.0. The Kier molecular flexibility index (Phi) is 4.08. The van der Waals surface area contributed by atoms with E-state index in [0.717, 1.165) is 18.8 Å². The number of carbonyl (C=O) groups is 1. The fourth-order valence-corrected chi connectivity index (χ4v) is 3.17. The molecule has 0 spiro atoms. The first-order valence-corrected chi connectivity index (χ1v) is 7.12. The fourth-order valence-electron chi connectivity index (χ4n) is 3.17. The molecule has 0 radical (unpaired) electrons. The maximum Gasteiger partial charge on any atom is 0.225 e. The summed E-state index contributed by atoms with van der Waals surface area (Å²) in [4.78, 5) is 14.5. The standard InChI is InChI=1S/C14H26N2O/c1-10(11-7-8-11)16(2)14(17)13-6-4-3-5-12(13)9-15/h10-13H,3-9,15H2,1-2H3. The number of nitrogens with two attached hydrogens (primary N) is 1. The number of rotatable bonds is 4. The van der Waals surface area contributed by atoms with Gasteiger partial charge in [-0.05, 0) is 51.0 Å². The van der Waals surface area contributed by atoms with Crippen molar-refractivity contribution >= 4 is 5.91 Å². The average Bonchev–Trinajstić information content (AvgIpc) is 3.20. The van der Waals surface area contributed by atoms with Crippen molar-refractivity contribution in [2.45, 2.75) is 51.5 Å². The van der Waals surface area contributed by atoms with Gasteiger partial charge in [0.25, 0.3) is 0 Å². The third kappa shape index (κ3) is 2.82. The van der Waals surface area contributed by atoms with E-state index in [-0.39, 0.29) is 5.92 Å². The van der Waals surface area contributed by atoms with Gasteiger partial charge in [0.1, 0.15) is 0 Å². The third-order valence-electron chi connectivity index (χ3n) is 4.79. The van der Waals surface area contributed by atoms with Gasteiger partial charge in [0.2, 0.25) is 5.91 Å². The smallest absolute Gasteiger partial charge is 0.225 e. The van der Waals surface area contributed by atoms with Crippen molar-refractivity contribution in [1.29, 1.82) is 0 Å². The zero-order valence-electron chi connectivity index (χ0n) is 11.2. The maximum absolute atomic E-state index is 12.5. The molecule has 3 atom stereocenters. The molecule has 0 aromatic carbocycles. The lowest BCUT2D eigenvalue weighted by molar-refractivity contribution is -0.139. The summed E-state index contributed by atoms with van der Waals surface area (Å²) in [6, 6.07) is 0.419. The van der Waals surface area contributed by atoms with Gasteiger partial charge in [0.05, 0.1) is 0 Å². The quantitative estimate of drug-likeness (QED) is 0.814. The Bertz CT molecular complexity index is 275. The van der Waals surface area contributed by atoms with Gasteiger partial charge in [-0.3, -0.25) is 4.79 Å². The van der Waals surface area contributed by atoms with E-state index in [2.05, 4.69) is 6.92 Å². The predicted molar refractivity (Wildman–Crippen MR) is 69.5 cm³/mol. The fraction of sp³-hybridized carbons (Fsp3) is 0.929. The highest BCUT2D eigenvalue weighted by atomic mass is 16.2. The van der Waals surface area contributed by atoms with E-state index in [1.807, 2.05) is 11.9 Å². The molecule has 2 N–H and O–H groups in total. The van der Waals surface area contributed by atoms with Crippen LogP contribution in [-0.4, -0.2) is 30.4 Å². The second-order valence-electron chi connectivity index (χ2n) is 5.91. The number of nitrogens with zero attached hydrogens (tertiary/aromatic N) is 1. The number of carbonyl (C=O) groups excluding carboxylic acids is 1. The topological polar surface area (TPSA) is 46.3 Å². The van der Waals surface area contributed by atoms with E-state index in [9.17, 15) is 4.79 Å². The highest BCUT2D eigenvalue weighted by Crippen LogP contribution is 2.37. The van der Waals surface area contributed by atoms with Gasteiger partial charge in [-0.1, -0.05) is 12.8 Å². The van der Waals surface area contributed by atoms with Gasteiger partial charge >= 0.3 is 0 Å². The summed E-state index contributed by atoms with van der Waals surface area (Å²) in [6.07, 6.45) is 7.21. The van der Waals surface area contributed by atoms with E-state index in [0.29, 0.717) is 24.4 Å². The Hall–Kier alpha value is -0.570. The van der Waals surface area contributed by atoms with Gasteiger partial charge in [-0.25, -0.2) is 0 Å². The monoisotopic (exact) mass is 238 g/mol. The van der Waals surface area contributed by atoms with Gasteiger partial charge in [-0.15, -0.1) is 0 Å². The Morgan fingerprint density at radius 3 is 2.53 bits per heavy atom. The molecule has 3 nitrogen and oxygen atoms in total. The van der Waals surface area contributed by atoms with Crippen LogP contribution in [0.3, 0.4) is 0 Å². The first-order valence-electron chi connectivity index (χ1n) is 7.12. The van der Waals surface area contributed by atoms with Crippen molar-refractivity contribution in [3.05, 3.63) is 0 Å². The third-order valence-corrected chi connectivity index (χ3v) is 4.79. The van der Waals surface area contributed by atoms with E-state index in [1.54, 1.807) is 0 Å². The van der Waals surface area contributed by atoms with Crippen LogP contribution in [0.1, 0.15) is 45.4 Å². The molecule has 17 heavy (non-hydrogen) atoms. The summed E-state index contributed by atoms with van der Waals surface area (Å²) in [5.74, 6) is 1.72. The molecule has 2 fully saturated rings. The largest absolute Gasteiger partial charge is 0.343 e. The van der Waals surface area contributed by atoms with Crippen molar-refractivity contribution < 1.29 is 4.79 Å². The van der Waals surface area contributed by atoms with E-state index >= 15 is 0 Å². The molecular weight excluding hydrogens is 212 g/mol. The molecule has 2 aliphatic rings. The zero-order chi connectivity index (χ0) is 12.4. The van der Waals surface area contributed by atoms with Crippen molar-refractivity contribution in [3.63, 3.8) is 0 Å². The van der Waals surface area contributed by atoms with Crippen LogP contribution in [0.2, 0.25) is 0 Å². The molecule has 0 bridgehead atoms. The van der Waals surface area contributed by atoms with Crippen molar-refractivity contribution in [2.75, 3.05) is 13.6 Å². The summed E-state index contributed by atoms with van der Waals surface area (Å²) in [6.45, 7) is 2.86. The number of hydrogen-bond donors (Lipinski definition) is 1. The SMILES string of the molecule is CC(C1CC1)N(C)C(=O)C1CCCCC1CN. The number of hydrogen-bond acceptors (Lipinski definition) is 2. The molecule has 2 aliphatic carbocycles. The molecule has 2 rings (SSSR count). The van der Waals surface area contributed by atoms with Gasteiger partial charge in [0, 0.05) is 19.0 Å². The Labute approximate surface area is 105 Å². The van der Waals surface area contributed by atoms with Crippen molar-refractivity contribution in [3.8, 4) is 0 Å². The van der Waals surface area contributed by atoms with Crippen LogP contribution in [0.5, 0.6) is 0 Å². The Morgan fingerprint density at radius 2 is 1.94 bits per heavy atom. The molecule has 2 saturated carbocycles. The molecular formula is C14H26N2O. The zero-order valence-corrected chi connectivity index (χ0v) is 11.2. The van der Waals surface area contributed by atoms with Crippen LogP contribution in [0.15, 0.2) is 0 Å². The first-order chi connectivity index (χ1) is 8.15. The molecule has 0 aromatic rings. The van der Waals surface area contributed by atoms with Crippen LogP contribution in [0.25, 0.3) is 0 Å². The van der Waals surface area contributed by atoms with Crippen LogP contribution in [0, 0.1) is 17.8 Å². The lowest BCUT2D eigenvalue weighted by Crippen LogP contribution is -2.44. The minimum atomic E-state index is 0.194. The minimum Gasteiger partial charge on any atom is -0.343 e. The summed E-state index contributed by atoms with van der Waals surface area (Å²) in [7, 11) is 1.98. The van der Waals surface area contributed by atoms with Gasteiger partial charge in [-0.2, -0.15) is 0 Å². The molecule has 3 unspecified atom stereocenters. The molecule has 3 heteroatoms. The van der Waals surface area contributed by atoms with Crippen molar-refractivity contribution in [2.24, 2.45) is 23.5 Å². The van der Waals surface area contributed by atoms with E-state index < -0.39 is 0 Å². The van der Waals surface area contributed by atoms with Crippen LogP contribution < -0.4 is 5.73 Å². The predicted octanol–water partition coefficient (Wildman–Crippen LogP) is 2.01. The lowest BCUT2D eigenvalue weighted by Gasteiger charge is -2.35. The minimum absolute atomic E-state index is 0.194. The van der Waals surface area contributed by atoms with E-state index in [1.165, 1.54) is 25.7 Å². The molecule has 0 aromatic heterocycles. The van der Waals surface area contributed by atoms with Crippen molar-refractivity contribution in [1.82, 2.24) is 4.90 Å². The van der Waals surface area contributed by atoms with Crippen LogP contribution in [0.4, 0.5) is 0 Å². The molecule has 98 valence electrons. The Balaban J connectivity index is 1.96. The molecule has 0 aliphatic heterocycles. The highest BCUT2D eigenvalue weighted by molar-refractivity contribution is 5.79. The van der Waals surface area contributed by atoms with Gasteiger partial charge < -0.3 is 10.6 Å². The summed E-state index contributed by atoms with van der Waals surface area (Å²) in [5, 5.41) is 0. The summed E-state index contributed by atoms with van der Waals surface area (Å²) >= 11 is 0. The molecule has 0 saturated heterocycles. The van der Waals surface area contributed by atoms with E-state index in [4.69, 9.17) is 5.73 Å². The Morgan fingerprint density at radius 1 is 1.29 bits per heavy atom. The van der Waals surface area contributed by atoms with Crippen LogP contribution in [-0.2, 0) is 4.79 Å². The second-order valence-corrected chi connectivity index (χ2v) is 5.91. The number of amides is 1. The molecule has 0 heterocycles. The summed E-state index contributed by atoms with van der Waals surface area (Å²) < 4.78 is 0. The lowest BCUT2D eigenvalue weighted by atomic mass is 9.78. The van der Waals surface area contributed by atoms with Gasteiger partial charge in [0.15, 0.2) is 0 Å². The first kappa shape index (κ1) is 12.9. The maximum atomic E-state index is 12.5. The highest BCUT2D eigenvalue weighted by Gasteiger charge is 2.37.